The fourth-order valence-electron chi connectivity index (χ4n) is 2.96. The van der Waals surface area contributed by atoms with Crippen molar-refractivity contribution in [1.29, 1.82) is 0 Å². The Balaban J connectivity index is 1.74. The molecule has 1 aliphatic heterocycles. The van der Waals surface area contributed by atoms with Gasteiger partial charge in [-0.2, -0.15) is 0 Å². The highest BCUT2D eigenvalue weighted by Crippen LogP contribution is 2.37. The van der Waals surface area contributed by atoms with Crippen LogP contribution < -0.4 is 5.32 Å². The van der Waals surface area contributed by atoms with Crippen molar-refractivity contribution in [3.63, 3.8) is 0 Å². The second kappa shape index (κ2) is 6.67. The maximum atomic E-state index is 3.82. The van der Waals surface area contributed by atoms with Crippen molar-refractivity contribution >= 4 is 11.8 Å². The first-order chi connectivity index (χ1) is 10.3. The molecule has 2 heteroatoms. The summed E-state index contributed by atoms with van der Waals surface area (Å²) in [5.74, 6) is 1.20. The molecule has 0 bridgehead atoms. The standard InChI is InChI=1S/C19H23NS/c1-3-15-8-10-16(11-9-15)14(2)20-18-12-13-21-19-7-5-4-6-17(18)19/h4-11,14,18,20H,3,12-13H2,1-2H3. The molecular weight excluding hydrogens is 274 g/mol. The second-order valence-corrected chi connectivity index (χ2v) is 6.85. The van der Waals surface area contributed by atoms with Crippen LogP contribution in [-0.2, 0) is 6.42 Å². The summed E-state index contributed by atoms with van der Waals surface area (Å²) in [6, 6.07) is 18.7. The molecule has 2 aromatic carbocycles. The van der Waals surface area contributed by atoms with Crippen molar-refractivity contribution in [3.05, 3.63) is 65.2 Å². The van der Waals surface area contributed by atoms with Gasteiger partial charge in [-0.15, -0.1) is 11.8 Å². The molecule has 2 aromatic rings. The molecular formula is C19H23NS. The predicted octanol–water partition coefficient (Wildman–Crippen LogP) is 5.14. The van der Waals surface area contributed by atoms with Crippen LogP contribution in [-0.4, -0.2) is 5.75 Å². The zero-order valence-electron chi connectivity index (χ0n) is 12.8. The van der Waals surface area contributed by atoms with E-state index in [4.69, 9.17) is 0 Å². The van der Waals surface area contributed by atoms with Crippen LogP contribution in [0, 0.1) is 0 Å². The maximum absolute atomic E-state index is 3.82. The van der Waals surface area contributed by atoms with Gasteiger partial charge in [-0.25, -0.2) is 0 Å². The van der Waals surface area contributed by atoms with Crippen LogP contribution in [0.25, 0.3) is 0 Å². The summed E-state index contributed by atoms with van der Waals surface area (Å²) in [7, 11) is 0. The third-order valence-corrected chi connectivity index (χ3v) is 5.42. The smallest absolute Gasteiger partial charge is 0.0344 e. The lowest BCUT2D eigenvalue weighted by Crippen LogP contribution is -2.27. The van der Waals surface area contributed by atoms with E-state index < -0.39 is 0 Å². The number of thioether (sulfide) groups is 1. The number of rotatable bonds is 4. The van der Waals surface area contributed by atoms with Gasteiger partial charge in [0.05, 0.1) is 0 Å². The molecule has 0 aliphatic carbocycles. The quantitative estimate of drug-likeness (QED) is 0.839. The van der Waals surface area contributed by atoms with E-state index in [0.29, 0.717) is 12.1 Å². The summed E-state index contributed by atoms with van der Waals surface area (Å²) in [5.41, 5.74) is 4.25. The summed E-state index contributed by atoms with van der Waals surface area (Å²) in [6.07, 6.45) is 2.31. The Kier molecular flexibility index (Phi) is 4.67. The molecule has 0 saturated heterocycles. The molecule has 110 valence electrons. The summed E-state index contributed by atoms with van der Waals surface area (Å²) in [5, 5.41) is 3.82. The van der Waals surface area contributed by atoms with Crippen LogP contribution in [0.4, 0.5) is 0 Å². The SMILES string of the molecule is CCc1ccc(C(C)NC2CCSc3ccccc32)cc1. The van der Waals surface area contributed by atoms with E-state index in [2.05, 4.69) is 67.7 Å². The van der Waals surface area contributed by atoms with E-state index >= 15 is 0 Å². The van der Waals surface area contributed by atoms with Crippen LogP contribution >= 0.6 is 11.8 Å². The number of nitrogens with one attached hydrogen (secondary N) is 1. The maximum Gasteiger partial charge on any atom is 0.0344 e. The van der Waals surface area contributed by atoms with Gasteiger partial charge in [0, 0.05) is 17.0 Å². The molecule has 1 N–H and O–H groups in total. The van der Waals surface area contributed by atoms with Crippen LogP contribution in [0.1, 0.15) is 49.0 Å². The van der Waals surface area contributed by atoms with Crippen molar-refractivity contribution in [2.45, 2.75) is 43.7 Å². The fraction of sp³-hybridized carbons (Fsp3) is 0.368. The first kappa shape index (κ1) is 14.7. The summed E-state index contributed by atoms with van der Waals surface area (Å²) >= 11 is 1.98. The van der Waals surface area contributed by atoms with Gasteiger partial charge < -0.3 is 5.32 Å². The lowest BCUT2D eigenvalue weighted by atomic mass is 10.00. The van der Waals surface area contributed by atoms with Gasteiger partial charge in [0.2, 0.25) is 0 Å². The molecule has 0 aromatic heterocycles. The van der Waals surface area contributed by atoms with Gasteiger partial charge >= 0.3 is 0 Å². The van der Waals surface area contributed by atoms with Crippen LogP contribution in [0.3, 0.4) is 0 Å². The van der Waals surface area contributed by atoms with Gasteiger partial charge in [0.15, 0.2) is 0 Å². The Morgan fingerprint density at radius 3 is 2.67 bits per heavy atom. The highest BCUT2D eigenvalue weighted by Gasteiger charge is 2.21. The van der Waals surface area contributed by atoms with Crippen LogP contribution in [0.15, 0.2) is 53.4 Å². The van der Waals surface area contributed by atoms with Crippen LogP contribution in [0.2, 0.25) is 0 Å². The van der Waals surface area contributed by atoms with Crippen LogP contribution in [0.5, 0.6) is 0 Å². The van der Waals surface area contributed by atoms with Crippen molar-refractivity contribution in [2.75, 3.05) is 5.75 Å². The average molecular weight is 297 g/mol. The molecule has 2 atom stereocenters. The monoisotopic (exact) mass is 297 g/mol. The van der Waals surface area contributed by atoms with Gasteiger partial charge in [0.1, 0.15) is 0 Å². The lowest BCUT2D eigenvalue weighted by Gasteiger charge is -2.29. The number of aryl methyl sites for hydroxylation is 1. The first-order valence-electron chi connectivity index (χ1n) is 7.84. The topological polar surface area (TPSA) is 12.0 Å². The molecule has 0 radical (unpaired) electrons. The van der Waals surface area contributed by atoms with E-state index in [0.717, 1.165) is 6.42 Å². The Hall–Kier alpha value is -1.25. The number of hydrogen-bond donors (Lipinski definition) is 1. The zero-order valence-corrected chi connectivity index (χ0v) is 13.6. The zero-order chi connectivity index (χ0) is 14.7. The number of benzene rings is 2. The average Bonchev–Trinajstić information content (AvgIpc) is 2.55. The lowest BCUT2D eigenvalue weighted by molar-refractivity contribution is 0.450. The Morgan fingerprint density at radius 2 is 1.90 bits per heavy atom. The highest BCUT2D eigenvalue weighted by molar-refractivity contribution is 7.99. The minimum absolute atomic E-state index is 0.386. The summed E-state index contributed by atoms with van der Waals surface area (Å²) < 4.78 is 0. The minimum Gasteiger partial charge on any atom is -0.303 e. The highest BCUT2D eigenvalue weighted by atomic mass is 32.2. The molecule has 0 amide bonds. The van der Waals surface area contributed by atoms with Crippen molar-refractivity contribution in [1.82, 2.24) is 5.32 Å². The third-order valence-electron chi connectivity index (χ3n) is 4.30. The fourth-order valence-corrected chi connectivity index (χ4v) is 4.08. The molecule has 0 fully saturated rings. The third kappa shape index (κ3) is 3.33. The Labute approximate surface area is 132 Å². The molecule has 1 aliphatic rings. The predicted molar refractivity (Wildman–Crippen MR) is 91.9 cm³/mol. The van der Waals surface area contributed by atoms with Gasteiger partial charge in [-0.1, -0.05) is 49.4 Å². The molecule has 3 rings (SSSR count). The minimum atomic E-state index is 0.386. The van der Waals surface area contributed by atoms with Crippen molar-refractivity contribution in [2.24, 2.45) is 0 Å². The van der Waals surface area contributed by atoms with E-state index in [9.17, 15) is 0 Å². The largest absolute Gasteiger partial charge is 0.303 e. The molecule has 1 heterocycles. The Morgan fingerprint density at radius 1 is 1.14 bits per heavy atom. The first-order valence-corrected chi connectivity index (χ1v) is 8.83. The van der Waals surface area contributed by atoms with Crippen molar-refractivity contribution in [3.8, 4) is 0 Å². The summed E-state index contributed by atoms with van der Waals surface area (Å²) in [6.45, 7) is 4.47. The second-order valence-electron chi connectivity index (χ2n) is 5.71. The van der Waals surface area contributed by atoms with E-state index in [-0.39, 0.29) is 0 Å². The number of hydrogen-bond acceptors (Lipinski definition) is 2. The molecule has 0 spiro atoms. The number of fused-ring (bicyclic) bond motifs is 1. The molecule has 0 saturated carbocycles. The Bertz CT molecular complexity index is 591. The van der Waals surface area contributed by atoms with Crippen molar-refractivity contribution < 1.29 is 0 Å². The van der Waals surface area contributed by atoms with E-state index in [1.165, 1.54) is 33.8 Å². The van der Waals surface area contributed by atoms with Gasteiger partial charge in [0.25, 0.3) is 0 Å². The summed E-state index contributed by atoms with van der Waals surface area (Å²) in [4.78, 5) is 1.44. The normalized spacial score (nSPS) is 19.0. The van der Waals surface area contributed by atoms with Gasteiger partial charge in [-0.05, 0) is 48.3 Å². The molecule has 2 unspecified atom stereocenters. The molecule has 21 heavy (non-hydrogen) atoms. The van der Waals surface area contributed by atoms with E-state index in [1.54, 1.807) is 0 Å². The molecule has 1 nitrogen and oxygen atoms in total. The van der Waals surface area contributed by atoms with E-state index in [1.807, 2.05) is 11.8 Å². The van der Waals surface area contributed by atoms with Gasteiger partial charge in [-0.3, -0.25) is 0 Å².